The van der Waals surface area contributed by atoms with Crippen molar-refractivity contribution in [1.82, 2.24) is 10.2 Å². The lowest BCUT2D eigenvalue weighted by molar-refractivity contribution is -0.138. The van der Waals surface area contributed by atoms with Gasteiger partial charge in [0.1, 0.15) is 16.8 Å². The Morgan fingerprint density at radius 3 is 2.57 bits per heavy atom. The summed E-state index contributed by atoms with van der Waals surface area (Å²) < 4.78 is 20.2. The number of rotatable bonds is 7. The molecule has 0 unspecified atom stereocenters. The number of carboxylic acids is 1. The summed E-state index contributed by atoms with van der Waals surface area (Å²) in [7, 11) is 0. The molecule has 2 aromatic rings. The zero-order chi connectivity index (χ0) is 27.3. The van der Waals surface area contributed by atoms with Crippen LogP contribution in [0.4, 0.5) is 14.9 Å². The molecule has 0 aliphatic carbocycles. The minimum Gasteiger partial charge on any atom is -0.481 e. The van der Waals surface area contributed by atoms with Gasteiger partial charge < -0.3 is 25.4 Å². The van der Waals surface area contributed by atoms with Gasteiger partial charge in [-0.1, -0.05) is 18.2 Å². The number of carboxylic acid groups (broad SMARTS) is 1. The average Bonchev–Trinajstić information content (AvgIpc) is 3.30. The van der Waals surface area contributed by atoms with E-state index in [1.54, 1.807) is 52.0 Å². The van der Waals surface area contributed by atoms with Crippen LogP contribution in [0.3, 0.4) is 0 Å². The number of thioether (sulfide) groups is 1. The number of anilines is 1. The van der Waals surface area contributed by atoms with Gasteiger partial charge in [-0.25, -0.2) is 14.0 Å². The van der Waals surface area contributed by atoms with Gasteiger partial charge in [0.05, 0.1) is 18.0 Å². The predicted octanol–water partition coefficient (Wildman–Crippen LogP) is 4.36. The van der Waals surface area contributed by atoms with E-state index in [9.17, 15) is 23.6 Å². The van der Waals surface area contributed by atoms with Gasteiger partial charge in [-0.15, -0.1) is 11.8 Å². The number of carbonyl (C=O) groups excluding carboxylic acids is 3. The van der Waals surface area contributed by atoms with Crippen molar-refractivity contribution in [2.75, 3.05) is 24.2 Å². The van der Waals surface area contributed by atoms with Crippen molar-refractivity contribution in [1.29, 1.82) is 0 Å². The molecule has 1 heterocycles. The van der Waals surface area contributed by atoms with Crippen LogP contribution >= 0.6 is 11.8 Å². The molecule has 11 heteroatoms. The Morgan fingerprint density at radius 2 is 1.92 bits per heavy atom. The summed E-state index contributed by atoms with van der Waals surface area (Å²) in [5.41, 5.74) is 0.542. The number of esters is 1. The minimum absolute atomic E-state index is 0.0807. The topological polar surface area (TPSA) is 125 Å². The number of carbonyl (C=O) groups is 4. The number of nitrogens with zero attached hydrogens (tertiary/aromatic N) is 1. The summed E-state index contributed by atoms with van der Waals surface area (Å²) in [5, 5.41) is 13.6. The Balaban J connectivity index is 1.61. The number of benzene rings is 2. The molecule has 37 heavy (non-hydrogen) atoms. The molecule has 1 fully saturated rings. The van der Waals surface area contributed by atoms with E-state index in [0.29, 0.717) is 23.5 Å². The first kappa shape index (κ1) is 28.0. The van der Waals surface area contributed by atoms with Gasteiger partial charge in [-0.2, -0.15) is 0 Å². The molecule has 0 aromatic heterocycles. The van der Waals surface area contributed by atoms with Crippen LogP contribution in [0.2, 0.25) is 0 Å². The van der Waals surface area contributed by atoms with Crippen LogP contribution in [0.15, 0.2) is 42.5 Å². The van der Waals surface area contributed by atoms with E-state index >= 15 is 0 Å². The molecular weight excluding hydrogens is 501 g/mol. The van der Waals surface area contributed by atoms with Gasteiger partial charge in [0.2, 0.25) is 5.91 Å². The number of urea groups is 1. The van der Waals surface area contributed by atoms with Gasteiger partial charge in [0.25, 0.3) is 0 Å². The molecule has 9 nitrogen and oxygen atoms in total. The molecule has 0 saturated carbocycles. The summed E-state index contributed by atoms with van der Waals surface area (Å²) in [6, 6.07) is 9.86. The number of hydrogen-bond acceptors (Lipinski definition) is 6. The van der Waals surface area contributed by atoms with Crippen molar-refractivity contribution in [2.45, 2.75) is 44.6 Å². The van der Waals surface area contributed by atoms with E-state index in [1.807, 2.05) is 0 Å². The Morgan fingerprint density at radius 1 is 1.19 bits per heavy atom. The maximum Gasteiger partial charge on any atom is 0.338 e. The highest BCUT2D eigenvalue weighted by Crippen LogP contribution is 2.39. The molecule has 0 spiro atoms. The third kappa shape index (κ3) is 7.45. The smallest absolute Gasteiger partial charge is 0.338 e. The SMILES string of the molecule is C[C@H](C(=O)O)c1cccc(NC(=O)NCC(=O)N2CCS[C@H]2c2ccc(C(=O)OC(C)(C)C)cc2F)c1. The van der Waals surface area contributed by atoms with E-state index in [-0.39, 0.29) is 17.7 Å². The second-order valence-corrected chi connectivity index (χ2v) is 10.7. The lowest BCUT2D eigenvalue weighted by Gasteiger charge is -2.25. The predicted molar refractivity (Wildman–Crippen MR) is 138 cm³/mol. The van der Waals surface area contributed by atoms with E-state index in [0.717, 1.165) is 6.07 Å². The molecule has 1 saturated heterocycles. The molecule has 2 atom stereocenters. The van der Waals surface area contributed by atoms with E-state index < -0.39 is 46.6 Å². The Bertz CT molecular complexity index is 1200. The van der Waals surface area contributed by atoms with Crippen molar-refractivity contribution >= 4 is 41.3 Å². The Hall–Kier alpha value is -3.60. The first-order valence-corrected chi connectivity index (χ1v) is 12.7. The van der Waals surface area contributed by atoms with Crippen LogP contribution in [0.25, 0.3) is 0 Å². The van der Waals surface area contributed by atoms with E-state index in [2.05, 4.69) is 10.6 Å². The molecule has 0 bridgehead atoms. The first-order chi connectivity index (χ1) is 17.4. The van der Waals surface area contributed by atoms with Gasteiger partial charge in [0, 0.05) is 23.5 Å². The zero-order valence-corrected chi connectivity index (χ0v) is 21.9. The maximum atomic E-state index is 15.0. The van der Waals surface area contributed by atoms with Crippen LogP contribution < -0.4 is 10.6 Å². The fraction of sp³-hybridized carbons (Fsp3) is 0.385. The quantitative estimate of drug-likeness (QED) is 0.453. The summed E-state index contributed by atoms with van der Waals surface area (Å²) in [5.74, 6) is -2.79. The van der Waals surface area contributed by atoms with E-state index in [4.69, 9.17) is 9.84 Å². The summed E-state index contributed by atoms with van der Waals surface area (Å²) in [6.07, 6.45) is 0. The minimum atomic E-state index is -0.985. The lowest BCUT2D eigenvalue weighted by atomic mass is 10.0. The Labute approximate surface area is 218 Å². The van der Waals surface area contributed by atoms with Crippen molar-refractivity contribution < 1.29 is 33.4 Å². The highest BCUT2D eigenvalue weighted by Gasteiger charge is 2.33. The van der Waals surface area contributed by atoms with Crippen LogP contribution in [-0.2, 0) is 14.3 Å². The van der Waals surface area contributed by atoms with E-state index in [1.165, 1.54) is 28.8 Å². The Kier molecular flexibility index (Phi) is 8.80. The van der Waals surface area contributed by atoms with Crippen LogP contribution in [0.5, 0.6) is 0 Å². The molecule has 3 rings (SSSR count). The zero-order valence-electron chi connectivity index (χ0n) is 21.0. The highest BCUT2D eigenvalue weighted by atomic mass is 32.2. The fourth-order valence-electron chi connectivity index (χ4n) is 3.64. The van der Waals surface area contributed by atoms with Gasteiger partial charge in [0.15, 0.2) is 0 Å². The number of aliphatic carboxylic acids is 1. The average molecular weight is 532 g/mol. The second-order valence-electron chi connectivity index (χ2n) is 9.54. The van der Waals surface area contributed by atoms with Gasteiger partial charge in [-0.3, -0.25) is 9.59 Å². The summed E-state index contributed by atoms with van der Waals surface area (Å²) in [4.78, 5) is 50.1. The standard InChI is InChI=1S/C26H30FN3O6S/c1-15(23(32)33)16-6-5-7-18(12-16)29-25(35)28-14-21(31)30-10-11-37-22(30)19-9-8-17(13-20(19)27)24(34)36-26(2,3)4/h5-9,12-13,15,22H,10-11,14H2,1-4H3,(H,32,33)(H2,28,29,35)/t15-,22-/m0/s1. The summed E-state index contributed by atoms with van der Waals surface area (Å²) in [6.45, 7) is 6.77. The number of hydrogen-bond donors (Lipinski definition) is 3. The first-order valence-electron chi connectivity index (χ1n) is 11.7. The van der Waals surface area contributed by atoms with Crippen LogP contribution in [0, 0.1) is 5.82 Å². The second kappa shape index (κ2) is 11.6. The molecule has 1 aliphatic rings. The molecule has 198 valence electrons. The number of ether oxygens (including phenoxy) is 1. The lowest BCUT2D eigenvalue weighted by Crippen LogP contribution is -2.41. The maximum absolute atomic E-state index is 15.0. The van der Waals surface area contributed by atoms with Gasteiger partial charge in [-0.05, 0) is 57.5 Å². The summed E-state index contributed by atoms with van der Waals surface area (Å²) >= 11 is 1.39. The van der Waals surface area contributed by atoms with Crippen LogP contribution in [-0.4, -0.2) is 58.3 Å². The molecule has 2 aromatic carbocycles. The van der Waals surface area contributed by atoms with Crippen molar-refractivity contribution in [3.8, 4) is 0 Å². The number of nitrogens with one attached hydrogen (secondary N) is 2. The third-order valence-corrected chi connectivity index (χ3v) is 6.77. The molecule has 1 aliphatic heterocycles. The monoisotopic (exact) mass is 531 g/mol. The third-order valence-electron chi connectivity index (χ3n) is 5.53. The number of amides is 3. The highest BCUT2D eigenvalue weighted by molar-refractivity contribution is 7.99. The van der Waals surface area contributed by atoms with Crippen molar-refractivity contribution in [3.63, 3.8) is 0 Å². The van der Waals surface area contributed by atoms with Crippen molar-refractivity contribution in [2.24, 2.45) is 0 Å². The molecule has 3 N–H and O–H groups in total. The van der Waals surface area contributed by atoms with Gasteiger partial charge >= 0.3 is 18.0 Å². The molecule has 3 amide bonds. The molecular formula is C26H30FN3O6S. The largest absolute Gasteiger partial charge is 0.481 e. The molecule has 0 radical (unpaired) electrons. The van der Waals surface area contributed by atoms with Crippen LogP contribution in [0.1, 0.15) is 60.5 Å². The van der Waals surface area contributed by atoms with Crippen molar-refractivity contribution in [3.05, 3.63) is 65.0 Å². The fourth-order valence-corrected chi connectivity index (χ4v) is 4.93. The normalized spacial score (nSPS) is 16.1. The number of halogens is 1.